The van der Waals surface area contributed by atoms with Gasteiger partial charge in [0.05, 0.1) is 0 Å². The number of hydrogen-bond donors (Lipinski definition) is 0. The standard InChI is InChI=1S/C21H20N2O4/c24-21(19-13-25-17-7-3-4-8-18(17)26-19)23-11-9-14(10-12-23)20-22-15-5-1-2-6-16(15)27-20/h1-8,14,19H,9-13H2. The van der Waals surface area contributed by atoms with Crippen molar-refractivity contribution >= 4 is 17.0 Å². The molecule has 1 saturated heterocycles. The molecule has 2 aromatic carbocycles. The minimum Gasteiger partial charge on any atom is -0.485 e. The van der Waals surface area contributed by atoms with Crippen LogP contribution in [0.15, 0.2) is 52.9 Å². The number of fused-ring (bicyclic) bond motifs is 2. The Morgan fingerprint density at radius 3 is 2.56 bits per heavy atom. The Labute approximate surface area is 156 Å². The summed E-state index contributed by atoms with van der Waals surface area (Å²) in [7, 11) is 0. The van der Waals surface area contributed by atoms with Crippen LogP contribution in [0.5, 0.6) is 11.5 Å². The van der Waals surface area contributed by atoms with Crippen molar-refractivity contribution in [3.8, 4) is 11.5 Å². The van der Waals surface area contributed by atoms with Crippen LogP contribution in [-0.4, -0.2) is 41.6 Å². The van der Waals surface area contributed by atoms with Crippen LogP contribution in [0.4, 0.5) is 0 Å². The Kier molecular flexibility index (Phi) is 3.96. The maximum Gasteiger partial charge on any atom is 0.267 e. The molecule has 27 heavy (non-hydrogen) atoms. The molecule has 0 saturated carbocycles. The van der Waals surface area contributed by atoms with Crippen LogP contribution in [0.25, 0.3) is 11.1 Å². The second-order valence-corrected chi connectivity index (χ2v) is 6.98. The van der Waals surface area contributed by atoms with E-state index < -0.39 is 6.10 Å². The predicted molar refractivity (Wildman–Crippen MR) is 98.9 cm³/mol. The van der Waals surface area contributed by atoms with Gasteiger partial charge in [0.2, 0.25) is 6.10 Å². The van der Waals surface area contributed by atoms with E-state index in [1.54, 1.807) is 0 Å². The number of benzene rings is 2. The van der Waals surface area contributed by atoms with Crippen molar-refractivity contribution in [1.82, 2.24) is 9.88 Å². The summed E-state index contributed by atoms with van der Waals surface area (Å²) in [4.78, 5) is 19.3. The highest BCUT2D eigenvalue weighted by Gasteiger charge is 2.34. The van der Waals surface area contributed by atoms with E-state index in [-0.39, 0.29) is 18.4 Å². The molecule has 2 aliphatic heterocycles. The summed E-state index contributed by atoms with van der Waals surface area (Å²) in [6.45, 7) is 1.59. The summed E-state index contributed by atoms with van der Waals surface area (Å²) in [6, 6.07) is 15.2. The molecule has 0 radical (unpaired) electrons. The quantitative estimate of drug-likeness (QED) is 0.698. The number of carbonyl (C=O) groups is 1. The van der Waals surface area contributed by atoms with E-state index in [4.69, 9.17) is 13.9 Å². The summed E-state index contributed by atoms with van der Waals surface area (Å²) in [5, 5.41) is 0. The highest BCUT2D eigenvalue weighted by atomic mass is 16.6. The van der Waals surface area contributed by atoms with Gasteiger partial charge in [-0.15, -0.1) is 0 Å². The van der Waals surface area contributed by atoms with Crippen LogP contribution >= 0.6 is 0 Å². The second-order valence-electron chi connectivity index (χ2n) is 6.98. The number of para-hydroxylation sites is 4. The summed E-state index contributed by atoms with van der Waals surface area (Å²) >= 11 is 0. The van der Waals surface area contributed by atoms with Gasteiger partial charge >= 0.3 is 0 Å². The maximum atomic E-state index is 12.8. The number of carbonyl (C=O) groups excluding carboxylic acids is 1. The first kappa shape index (κ1) is 16.2. The Morgan fingerprint density at radius 1 is 1.00 bits per heavy atom. The highest BCUT2D eigenvalue weighted by molar-refractivity contribution is 5.82. The lowest BCUT2D eigenvalue weighted by molar-refractivity contribution is -0.142. The zero-order chi connectivity index (χ0) is 18.2. The molecule has 0 bridgehead atoms. The largest absolute Gasteiger partial charge is 0.485 e. The molecule has 3 heterocycles. The van der Waals surface area contributed by atoms with E-state index in [0.717, 1.165) is 29.8 Å². The number of hydrogen-bond acceptors (Lipinski definition) is 5. The van der Waals surface area contributed by atoms with Crippen LogP contribution in [0.2, 0.25) is 0 Å². The van der Waals surface area contributed by atoms with Crippen molar-refractivity contribution in [2.45, 2.75) is 24.9 Å². The van der Waals surface area contributed by atoms with Gasteiger partial charge in [-0.3, -0.25) is 4.79 Å². The predicted octanol–water partition coefficient (Wildman–Crippen LogP) is 3.37. The van der Waals surface area contributed by atoms with Gasteiger partial charge in [0.15, 0.2) is 23.0 Å². The molecule has 1 amide bonds. The number of ether oxygens (including phenoxy) is 2. The van der Waals surface area contributed by atoms with Crippen molar-refractivity contribution < 1.29 is 18.7 Å². The number of oxazole rings is 1. The summed E-state index contributed by atoms with van der Waals surface area (Å²) < 4.78 is 17.4. The third-order valence-corrected chi connectivity index (χ3v) is 5.25. The van der Waals surface area contributed by atoms with Gasteiger partial charge in [-0.2, -0.15) is 0 Å². The molecule has 2 aliphatic rings. The van der Waals surface area contributed by atoms with Crippen LogP contribution in [-0.2, 0) is 4.79 Å². The molecule has 6 heteroatoms. The van der Waals surface area contributed by atoms with Crippen molar-refractivity contribution in [2.75, 3.05) is 19.7 Å². The van der Waals surface area contributed by atoms with Crippen LogP contribution in [0, 0.1) is 0 Å². The van der Waals surface area contributed by atoms with E-state index in [1.165, 1.54) is 0 Å². The van der Waals surface area contributed by atoms with Crippen molar-refractivity contribution in [3.63, 3.8) is 0 Å². The normalized spacial score (nSPS) is 20.0. The van der Waals surface area contributed by atoms with Gasteiger partial charge in [0.25, 0.3) is 5.91 Å². The smallest absolute Gasteiger partial charge is 0.267 e. The average Bonchev–Trinajstić information content (AvgIpc) is 3.17. The minimum atomic E-state index is -0.583. The number of nitrogens with zero attached hydrogens (tertiary/aromatic N) is 2. The van der Waals surface area contributed by atoms with Gasteiger partial charge in [-0.1, -0.05) is 24.3 Å². The lowest BCUT2D eigenvalue weighted by atomic mass is 9.96. The molecule has 6 nitrogen and oxygen atoms in total. The third-order valence-electron chi connectivity index (χ3n) is 5.25. The second kappa shape index (κ2) is 6.61. The third kappa shape index (κ3) is 3.01. The maximum absolute atomic E-state index is 12.8. The molecule has 0 spiro atoms. The summed E-state index contributed by atoms with van der Waals surface area (Å²) in [5.41, 5.74) is 1.70. The number of rotatable bonds is 2. The number of aromatic nitrogens is 1. The fraction of sp³-hybridized carbons (Fsp3) is 0.333. The van der Waals surface area contributed by atoms with Crippen molar-refractivity contribution in [3.05, 3.63) is 54.4 Å². The Hall–Kier alpha value is -3.02. The Morgan fingerprint density at radius 2 is 1.74 bits per heavy atom. The molecule has 138 valence electrons. The Bertz CT molecular complexity index is 942. The molecule has 0 N–H and O–H groups in total. The van der Waals surface area contributed by atoms with Gasteiger partial charge < -0.3 is 18.8 Å². The summed E-state index contributed by atoms with van der Waals surface area (Å²) in [5.74, 6) is 2.32. The first-order valence-electron chi connectivity index (χ1n) is 9.31. The van der Waals surface area contributed by atoms with Crippen LogP contribution in [0.1, 0.15) is 24.7 Å². The van der Waals surface area contributed by atoms with Crippen LogP contribution < -0.4 is 9.47 Å². The summed E-state index contributed by atoms with van der Waals surface area (Å²) in [6.07, 6.45) is 1.09. The molecule has 3 aromatic rings. The van der Waals surface area contributed by atoms with E-state index in [2.05, 4.69) is 4.98 Å². The first-order valence-corrected chi connectivity index (χ1v) is 9.31. The van der Waals surface area contributed by atoms with Gasteiger partial charge in [-0.05, 0) is 37.1 Å². The van der Waals surface area contributed by atoms with Crippen molar-refractivity contribution in [1.29, 1.82) is 0 Å². The first-order chi connectivity index (χ1) is 13.3. The fourth-order valence-electron chi connectivity index (χ4n) is 3.76. The fourth-order valence-corrected chi connectivity index (χ4v) is 3.76. The molecule has 1 unspecified atom stereocenters. The minimum absolute atomic E-state index is 0.0134. The van der Waals surface area contributed by atoms with E-state index in [0.29, 0.717) is 24.6 Å². The number of likely N-dealkylation sites (tertiary alicyclic amines) is 1. The molecular formula is C21H20N2O4. The monoisotopic (exact) mass is 364 g/mol. The zero-order valence-corrected chi connectivity index (χ0v) is 14.8. The number of piperidine rings is 1. The van der Waals surface area contributed by atoms with Gasteiger partial charge in [-0.25, -0.2) is 4.98 Å². The highest BCUT2D eigenvalue weighted by Crippen LogP contribution is 2.33. The molecule has 1 atom stereocenters. The van der Waals surface area contributed by atoms with E-state index in [9.17, 15) is 4.79 Å². The SMILES string of the molecule is O=C(C1COc2ccccc2O1)N1CCC(c2nc3ccccc3o2)CC1. The van der Waals surface area contributed by atoms with Gasteiger partial charge in [0, 0.05) is 19.0 Å². The van der Waals surface area contributed by atoms with Gasteiger partial charge in [0.1, 0.15) is 12.1 Å². The molecule has 1 aromatic heterocycles. The average molecular weight is 364 g/mol. The van der Waals surface area contributed by atoms with E-state index in [1.807, 2.05) is 53.4 Å². The van der Waals surface area contributed by atoms with E-state index >= 15 is 0 Å². The lowest BCUT2D eigenvalue weighted by Crippen LogP contribution is -2.48. The van der Waals surface area contributed by atoms with Crippen molar-refractivity contribution in [2.24, 2.45) is 0 Å². The van der Waals surface area contributed by atoms with Crippen LogP contribution in [0.3, 0.4) is 0 Å². The number of amides is 1. The molecule has 0 aliphatic carbocycles. The molecule has 5 rings (SSSR count). The molecule has 1 fully saturated rings. The zero-order valence-electron chi connectivity index (χ0n) is 14.8. The molecular weight excluding hydrogens is 344 g/mol. The topological polar surface area (TPSA) is 64.8 Å². The Balaban J connectivity index is 1.23. The lowest BCUT2D eigenvalue weighted by Gasteiger charge is -2.34.